The number of amides is 1. The molecular weight excluding hydrogens is 320 g/mol. The molecule has 3 rings (SSSR count). The Kier molecular flexibility index (Phi) is 4.85. The predicted octanol–water partition coefficient (Wildman–Crippen LogP) is 1.78. The maximum Gasteiger partial charge on any atom is 0.255 e. The Morgan fingerprint density at radius 2 is 2.20 bits per heavy atom. The Balaban J connectivity index is 1.76. The lowest BCUT2D eigenvalue weighted by atomic mass is 10.1. The van der Waals surface area contributed by atoms with Crippen molar-refractivity contribution in [2.24, 2.45) is 7.05 Å². The lowest BCUT2D eigenvalue weighted by Gasteiger charge is -2.28. The van der Waals surface area contributed by atoms with Gasteiger partial charge in [-0.25, -0.2) is 0 Å². The quantitative estimate of drug-likeness (QED) is 0.828. The highest BCUT2D eigenvalue weighted by Gasteiger charge is 2.36. The zero-order valence-corrected chi connectivity index (χ0v) is 15.5. The summed E-state index contributed by atoms with van der Waals surface area (Å²) >= 11 is 0. The molecule has 1 amide bonds. The number of rotatable bonds is 5. The van der Waals surface area contributed by atoms with Crippen molar-refractivity contribution < 1.29 is 14.3 Å². The molecule has 0 N–H and O–H groups in total. The molecule has 3 heterocycles. The van der Waals surface area contributed by atoms with Gasteiger partial charge >= 0.3 is 0 Å². The monoisotopic (exact) mass is 346 g/mol. The van der Waals surface area contributed by atoms with Crippen LogP contribution in [0.2, 0.25) is 0 Å². The van der Waals surface area contributed by atoms with Gasteiger partial charge in [-0.05, 0) is 26.8 Å². The molecule has 2 aromatic rings. The van der Waals surface area contributed by atoms with E-state index >= 15 is 0 Å². The van der Waals surface area contributed by atoms with Gasteiger partial charge in [0.2, 0.25) is 0 Å². The number of carbonyl (C=O) groups is 1. The smallest absolute Gasteiger partial charge is 0.255 e. The van der Waals surface area contributed by atoms with Gasteiger partial charge in [0, 0.05) is 32.0 Å². The molecule has 2 aromatic heterocycles. The molecule has 1 fully saturated rings. The van der Waals surface area contributed by atoms with Crippen molar-refractivity contribution in [1.82, 2.24) is 19.2 Å². The van der Waals surface area contributed by atoms with E-state index in [1.807, 2.05) is 40.2 Å². The number of ether oxygens (including phenoxy) is 2. The van der Waals surface area contributed by atoms with E-state index in [-0.39, 0.29) is 18.1 Å². The maximum atomic E-state index is 13.0. The van der Waals surface area contributed by atoms with Gasteiger partial charge in [-0.3, -0.25) is 9.48 Å². The van der Waals surface area contributed by atoms with E-state index in [4.69, 9.17) is 9.47 Å². The molecule has 0 aliphatic carbocycles. The largest absolute Gasteiger partial charge is 0.482 e. The van der Waals surface area contributed by atoms with Gasteiger partial charge in [0.15, 0.2) is 5.75 Å². The van der Waals surface area contributed by atoms with Gasteiger partial charge in [-0.2, -0.15) is 5.10 Å². The van der Waals surface area contributed by atoms with Crippen LogP contribution in [0.3, 0.4) is 0 Å². The van der Waals surface area contributed by atoms with E-state index in [0.29, 0.717) is 19.0 Å². The molecule has 136 valence electrons. The van der Waals surface area contributed by atoms with Gasteiger partial charge in [-0.1, -0.05) is 0 Å². The second-order valence-electron chi connectivity index (χ2n) is 6.56. The normalized spacial score (nSPS) is 20.0. The van der Waals surface area contributed by atoms with E-state index < -0.39 is 0 Å². The first-order chi connectivity index (χ1) is 11.9. The van der Waals surface area contributed by atoms with Crippen molar-refractivity contribution in [1.29, 1.82) is 0 Å². The topological polar surface area (TPSA) is 61.5 Å². The molecule has 1 saturated heterocycles. The van der Waals surface area contributed by atoms with Crippen molar-refractivity contribution in [3.05, 3.63) is 35.4 Å². The van der Waals surface area contributed by atoms with Gasteiger partial charge in [0.05, 0.1) is 37.2 Å². The summed E-state index contributed by atoms with van der Waals surface area (Å²) in [5.41, 5.74) is 2.84. The van der Waals surface area contributed by atoms with Crippen LogP contribution in [0.25, 0.3) is 0 Å². The molecule has 0 bridgehead atoms. The van der Waals surface area contributed by atoms with Crippen LogP contribution in [-0.4, -0.2) is 57.6 Å². The Hall–Kier alpha value is -2.28. The van der Waals surface area contributed by atoms with Gasteiger partial charge in [0.25, 0.3) is 5.91 Å². The third kappa shape index (κ3) is 3.28. The molecule has 0 aromatic carbocycles. The number of hydrogen-bond donors (Lipinski definition) is 0. The van der Waals surface area contributed by atoms with Crippen LogP contribution in [0.1, 0.15) is 28.7 Å². The number of hydrogen-bond acceptors (Lipinski definition) is 4. The molecule has 0 saturated carbocycles. The number of carbonyl (C=O) groups excluding carboxylic acids is 1. The highest BCUT2D eigenvalue weighted by molar-refractivity contribution is 5.95. The first-order valence-electron chi connectivity index (χ1n) is 8.59. The van der Waals surface area contributed by atoms with Crippen molar-refractivity contribution in [3.63, 3.8) is 0 Å². The molecule has 7 nitrogen and oxygen atoms in total. The first kappa shape index (κ1) is 17.5. The van der Waals surface area contributed by atoms with Crippen LogP contribution in [0.5, 0.6) is 5.75 Å². The second-order valence-corrected chi connectivity index (χ2v) is 6.56. The Labute approximate surface area is 148 Å². The highest BCUT2D eigenvalue weighted by Crippen LogP contribution is 2.23. The van der Waals surface area contributed by atoms with Crippen LogP contribution in [-0.2, 0) is 18.3 Å². The lowest BCUT2D eigenvalue weighted by Crippen LogP contribution is -2.46. The number of likely N-dealkylation sites (N-methyl/N-ethyl adjacent to an activating group) is 1. The number of nitrogens with zero attached hydrogens (tertiary/aromatic N) is 4. The Morgan fingerprint density at radius 3 is 2.80 bits per heavy atom. The summed E-state index contributed by atoms with van der Waals surface area (Å²) in [6.07, 6.45) is 3.28. The van der Waals surface area contributed by atoms with Gasteiger partial charge in [-0.15, -0.1) is 0 Å². The predicted molar refractivity (Wildman–Crippen MR) is 93.9 cm³/mol. The SMILES string of the molecule is CCn1c(C)cc(C(=O)N(C)[C@H]2COC[C@H]2Oc2cnn(C)c2)c1C. The summed E-state index contributed by atoms with van der Waals surface area (Å²) < 4.78 is 15.4. The zero-order valence-electron chi connectivity index (χ0n) is 15.5. The van der Waals surface area contributed by atoms with E-state index in [0.717, 1.165) is 23.5 Å². The molecule has 0 unspecified atom stereocenters. The minimum absolute atomic E-state index is 0.00286. The zero-order chi connectivity index (χ0) is 18.1. The molecule has 2 atom stereocenters. The maximum absolute atomic E-state index is 13.0. The molecule has 0 radical (unpaired) electrons. The molecule has 1 aliphatic rings. The van der Waals surface area contributed by atoms with Crippen molar-refractivity contribution in [3.8, 4) is 5.75 Å². The average Bonchev–Trinajstić information content (AvgIpc) is 3.27. The first-order valence-corrected chi connectivity index (χ1v) is 8.59. The summed E-state index contributed by atoms with van der Waals surface area (Å²) in [6, 6.07) is 1.84. The summed E-state index contributed by atoms with van der Waals surface area (Å²) in [6.45, 7) is 7.89. The van der Waals surface area contributed by atoms with Crippen molar-refractivity contribution >= 4 is 5.91 Å². The minimum atomic E-state index is -0.201. The number of aryl methyl sites for hydroxylation is 2. The van der Waals surface area contributed by atoms with E-state index in [2.05, 4.69) is 16.6 Å². The Morgan fingerprint density at radius 1 is 1.44 bits per heavy atom. The summed E-state index contributed by atoms with van der Waals surface area (Å²) in [5.74, 6) is 0.691. The van der Waals surface area contributed by atoms with E-state index in [1.165, 1.54) is 0 Å². The van der Waals surface area contributed by atoms with Crippen molar-refractivity contribution in [2.75, 3.05) is 20.3 Å². The van der Waals surface area contributed by atoms with Gasteiger partial charge in [0.1, 0.15) is 6.10 Å². The molecule has 25 heavy (non-hydrogen) atoms. The molecule has 7 heteroatoms. The van der Waals surface area contributed by atoms with E-state index in [1.54, 1.807) is 15.8 Å². The average molecular weight is 346 g/mol. The number of aromatic nitrogens is 3. The van der Waals surface area contributed by atoms with E-state index in [9.17, 15) is 4.79 Å². The van der Waals surface area contributed by atoms with Crippen LogP contribution in [0.4, 0.5) is 0 Å². The van der Waals surface area contributed by atoms with Crippen LogP contribution in [0.15, 0.2) is 18.5 Å². The summed E-state index contributed by atoms with van der Waals surface area (Å²) in [7, 11) is 3.66. The third-order valence-corrected chi connectivity index (χ3v) is 4.91. The second kappa shape index (κ2) is 6.92. The van der Waals surface area contributed by atoms with Gasteiger partial charge < -0.3 is 18.9 Å². The fraction of sp³-hybridized carbons (Fsp3) is 0.556. The standard InChI is InChI=1S/C18H26N4O3/c1-6-22-12(2)7-15(13(22)3)18(23)21(5)16-10-24-11-17(16)25-14-8-19-20(4)9-14/h7-9,16-17H,6,10-11H2,1-5H3/t16-,17+/m0/s1. The highest BCUT2D eigenvalue weighted by atomic mass is 16.5. The fourth-order valence-electron chi connectivity index (χ4n) is 3.48. The molecule has 0 spiro atoms. The van der Waals surface area contributed by atoms with Crippen molar-refractivity contribution in [2.45, 2.75) is 39.5 Å². The third-order valence-electron chi connectivity index (χ3n) is 4.91. The van der Waals surface area contributed by atoms with Crippen LogP contribution < -0.4 is 4.74 Å². The summed E-state index contributed by atoms with van der Waals surface area (Å²) in [4.78, 5) is 14.8. The molecular formula is C18H26N4O3. The fourth-order valence-corrected chi connectivity index (χ4v) is 3.48. The van der Waals surface area contributed by atoms with Crippen LogP contribution in [0, 0.1) is 13.8 Å². The summed E-state index contributed by atoms with van der Waals surface area (Å²) in [5, 5.41) is 4.11. The lowest BCUT2D eigenvalue weighted by molar-refractivity contribution is 0.0620. The minimum Gasteiger partial charge on any atom is -0.482 e. The van der Waals surface area contributed by atoms with Crippen LogP contribution >= 0.6 is 0 Å². The Bertz CT molecular complexity index is 764. The molecule has 1 aliphatic heterocycles.